The van der Waals surface area contributed by atoms with E-state index in [1.54, 1.807) is 0 Å². The van der Waals surface area contributed by atoms with Crippen molar-refractivity contribution in [2.24, 2.45) is 5.73 Å². The Labute approximate surface area is 127 Å². The van der Waals surface area contributed by atoms with Gasteiger partial charge in [0.2, 0.25) is 0 Å². The first kappa shape index (κ1) is 15.8. The molecule has 1 atom stereocenters. The zero-order chi connectivity index (χ0) is 15.6. The van der Waals surface area contributed by atoms with E-state index in [1.807, 2.05) is 18.5 Å². The minimum absolute atomic E-state index is 0.0291. The minimum Gasteiger partial charge on any atom is -0.324 e. The lowest BCUT2D eigenvalue weighted by atomic mass is 10.0. The summed E-state index contributed by atoms with van der Waals surface area (Å²) >= 11 is 0. The lowest BCUT2D eigenvalue weighted by Crippen LogP contribution is -2.13. The van der Waals surface area contributed by atoms with E-state index < -0.39 is 0 Å². The highest BCUT2D eigenvalue weighted by molar-refractivity contribution is 5.30. The van der Waals surface area contributed by atoms with Crippen LogP contribution in [-0.2, 0) is 25.9 Å². The maximum Gasteiger partial charge on any atom is 0.0831 e. The van der Waals surface area contributed by atoms with Crippen molar-refractivity contribution in [3.8, 4) is 0 Å². The van der Waals surface area contributed by atoms with Gasteiger partial charge in [0.15, 0.2) is 0 Å². The average molecular weight is 289 g/mol. The first-order chi connectivity index (χ1) is 10.0. The van der Waals surface area contributed by atoms with Gasteiger partial charge in [0.05, 0.1) is 23.6 Å². The highest BCUT2D eigenvalue weighted by atomic mass is 15.3. The van der Waals surface area contributed by atoms with Gasteiger partial charge in [0, 0.05) is 23.8 Å². The van der Waals surface area contributed by atoms with E-state index in [1.165, 1.54) is 17.0 Å². The Morgan fingerprint density at radius 3 is 2.38 bits per heavy atom. The average Bonchev–Trinajstić information content (AvgIpc) is 2.98. The van der Waals surface area contributed by atoms with Gasteiger partial charge in [-0.2, -0.15) is 10.2 Å². The summed E-state index contributed by atoms with van der Waals surface area (Å²) in [4.78, 5) is 0. The molecule has 0 aliphatic rings. The van der Waals surface area contributed by atoms with Crippen LogP contribution in [0.25, 0.3) is 0 Å². The Morgan fingerprint density at radius 2 is 1.86 bits per heavy atom. The minimum atomic E-state index is 0.0291. The van der Waals surface area contributed by atoms with Crippen molar-refractivity contribution in [2.45, 2.75) is 66.6 Å². The third-order valence-electron chi connectivity index (χ3n) is 3.90. The molecule has 0 spiro atoms. The molecule has 0 radical (unpaired) electrons. The Balaban J connectivity index is 2.44. The molecular formula is C16H27N5. The Kier molecular flexibility index (Phi) is 4.83. The standard InChI is InChI=1S/C16H27N5/c1-6-14-16(12(5)17)15(7-2)21(19-14)10-13-9-11(4)18-20(13)8-3/h9,12H,6-8,10,17H2,1-5H3. The van der Waals surface area contributed by atoms with Crippen molar-refractivity contribution >= 4 is 0 Å². The molecule has 5 nitrogen and oxygen atoms in total. The number of aromatic nitrogens is 4. The molecule has 0 aliphatic heterocycles. The van der Waals surface area contributed by atoms with E-state index in [0.717, 1.165) is 37.3 Å². The van der Waals surface area contributed by atoms with Gasteiger partial charge in [-0.1, -0.05) is 13.8 Å². The molecule has 0 amide bonds. The van der Waals surface area contributed by atoms with E-state index >= 15 is 0 Å². The molecule has 0 bridgehead atoms. The summed E-state index contributed by atoms with van der Waals surface area (Å²) in [5.41, 5.74) is 12.0. The monoisotopic (exact) mass is 289 g/mol. The Bertz CT molecular complexity index is 606. The van der Waals surface area contributed by atoms with Crippen LogP contribution < -0.4 is 5.73 Å². The normalized spacial score (nSPS) is 12.9. The SMILES string of the molecule is CCc1nn(Cc2cc(C)nn2CC)c(CC)c1C(C)N. The predicted octanol–water partition coefficient (Wildman–Crippen LogP) is 2.60. The zero-order valence-electron chi connectivity index (χ0n) is 13.8. The van der Waals surface area contributed by atoms with Gasteiger partial charge < -0.3 is 5.73 Å². The van der Waals surface area contributed by atoms with Crippen LogP contribution in [0.5, 0.6) is 0 Å². The smallest absolute Gasteiger partial charge is 0.0831 e. The fourth-order valence-corrected chi connectivity index (χ4v) is 3.01. The topological polar surface area (TPSA) is 61.7 Å². The summed E-state index contributed by atoms with van der Waals surface area (Å²) in [5, 5.41) is 9.31. The fraction of sp³-hybridized carbons (Fsp3) is 0.625. The summed E-state index contributed by atoms with van der Waals surface area (Å²) in [6.45, 7) is 12.1. The maximum atomic E-state index is 6.16. The number of nitrogens with two attached hydrogens (primary N) is 1. The van der Waals surface area contributed by atoms with E-state index in [2.05, 4.69) is 36.6 Å². The first-order valence-electron chi connectivity index (χ1n) is 7.89. The van der Waals surface area contributed by atoms with E-state index in [4.69, 9.17) is 10.8 Å². The number of hydrogen-bond donors (Lipinski definition) is 1. The van der Waals surface area contributed by atoms with E-state index in [0.29, 0.717) is 0 Å². The molecule has 2 N–H and O–H groups in total. The van der Waals surface area contributed by atoms with Crippen LogP contribution in [-0.4, -0.2) is 19.6 Å². The molecule has 0 saturated heterocycles. The second kappa shape index (κ2) is 6.43. The van der Waals surface area contributed by atoms with Crippen LogP contribution in [0.3, 0.4) is 0 Å². The second-order valence-corrected chi connectivity index (χ2v) is 5.55. The summed E-state index contributed by atoms with van der Waals surface area (Å²) in [6.07, 6.45) is 1.87. The lowest BCUT2D eigenvalue weighted by molar-refractivity contribution is 0.560. The second-order valence-electron chi connectivity index (χ2n) is 5.55. The molecule has 116 valence electrons. The molecule has 0 aromatic carbocycles. The van der Waals surface area contributed by atoms with Crippen LogP contribution in [0.4, 0.5) is 0 Å². The number of aryl methyl sites for hydroxylation is 3. The predicted molar refractivity (Wildman–Crippen MR) is 85.3 cm³/mol. The third-order valence-corrected chi connectivity index (χ3v) is 3.90. The fourth-order valence-electron chi connectivity index (χ4n) is 3.01. The third kappa shape index (κ3) is 3.02. The van der Waals surface area contributed by atoms with E-state index in [9.17, 15) is 0 Å². The molecular weight excluding hydrogens is 262 g/mol. The van der Waals surface area contributed by atoms with Crippen LogP contribution in [0.1, 0.15) is 62.1 Å². The van der Waals surface area contributed by atoms with Gasteiger partial charge >= 0.3 is 0 Å². The van der Waals surface area contributed by atoms with Gasteiger partial charge in [-0.15, -0.1) is 0 Å². The molecule has 2 aromatic heterocycles. The number of hydrogen-bond acceptors (Lipinski definition) is 3. The van der Waals surface area contributed by atoms with Crippen molar-refractivity contribution in [3.63, 3.8) is 0 Å². The molecule has 2 rings (SSSR count). The molecule has 2 aromatic rings. The van der Waals surface area contributed by atoms with Gasteiger partial charge in [0.25, 0.3) is 0 Å². The summed E-state index contributed by atoms with van der Waals surface area (Å²) in [5.74, 6) is 0. The van der Waals surface area contributed by atoms with Crippen molar-refractivity contribution in [3.05, 3.63) is 34.4 Å². The van der Waals surface area contributed by atoms with E-state index in [-0.39, 0.29) is 6.04 Å². The van der Waals surface area contributed by atoms with Crippen molar-refractivity contribution < 1.29 is 0 Å². The highest BCUT2D eigenvalue weighted by Gasteiger charge is 2.19. The molecule has 21 heavy (non-hydrogen) atoms. The van der Waals surface area contributed by atoms with Crippen LogP contribution in [0.15, 0.2) is 6.07 Å². The maximum absolute atomic E-state index is 6.16. The quantitative estimate of drug-likeness (QED) is 0.889. The largest absolute Gasteiger partial charge is 0.324 e. The molecule has 2 heterocycles. The summed E-state index contributed by atoms with van der Waals surface area (Å²) < 4.78 is 4.16. The summed E-state index contributed by atoms with van der Waals surface area (Å²) in [7, 11) is 0. The number of rotatable bonds is 6. The molecule has 0 aliphatic carbocycles. The number of nitrogens with zero attached hydrogens (tertiary/aromatic N) is 4. The molecule has 5 heteroatoms. The first-order valence-corrected chi connectivity index (χ1v) is 7.89. The Hall–Kier alpha value is -1.62. The molecule has 0 saturated carbocycles. The van der Waals surface area contributed by atoms with Gasteiger partial charge in [-0.3, -0.25) is 9.36 Å². The zero-order valence-corrected chi connectivity index (χ0v) is 13.8. The van der Waals surface area contributed by atoms with Crippen molar-refractivity contribution in [2.75, 3.05) is 0 Å². The Morgan fingerprint density at radius 1 is 1.14 bits per heavy atom. The highest BCUT2D eigenvalue weighted by Crippen LogP contribution is 2.23. The molecule has 0 fully saturated rings. The lowest BCUT2D eigenvalue weighted by Gasteiger charge is -2.11. The van der Waals surface area contributed by atoms with Gasteiger partial charge in [-0.25, -0.2) is 0 Å². The molecule has 1 unspecified atom stereocenters. The van der Waals surface area contributed by atoms with Crippen molar-refractivity contribution in [1.29, 1.82) is 0 Å². The van der Waals surface area contributed by atoms with Crippen LogP contribution >= 0.6 is 0 Å². The van der Waals surface area contributed by atoms with Crippen LogP contribution in [0, 0.1) is 6.92 Å². The summed E-state index contributed by atoms with van der Waals surface area (Å²) in [6, 6.07) is 2.17. The van der Waals surface area contributed by atoms with Gasteiger partial charge in [-0.05, 0) is 39.7 Å². The van der Waals surface area contributed by atoms with Gasteiger partial charge in [0.1, 0.15) is 0 Å². The van der Waals surface area contributed by atoms with Crippen LogP contribution in [0.2, 0.25) is 0 Å². The van der Waals surface area contributed by atoms with Crippen molar-refractivity contribution in [1.82, 2.24) is 19.6 Å².